The van der Waals surface area contributed by atoms with Crippen LogP contribution in [-0.4, -0.2) is 105 Å². The first-order valence-electron chi connectivity index (χ1n) is 16.6. The predicted molar refractivity (Wildman–Crippen MR) is 180 cm³/mol. The molecule has 3 amide bonds. The molecule has 2 saturated carbocycles. The summed E-state index contributed by atoms with van der Waals surface area (Å²) in [5.74, 6) is -0.845. The van der Waals surface area contributed by atoms with E-state index in [2.05, 4.69) is 21.4 Å². The van der Waals surface area contributed by atoms with E-state index in [0.717, 1.165) is 63.5 Å². The average Bonchev–Trinajstić information content (AvgIpc) is 3.73. The number of carbonyl (C=O) groups is 3. The minimum atomic E-state index is -4.00. The summed E-state index contributed by atoms with van der Waals surface area (Å²) in [6.45, 7) is 1.18. The number of rotatable bonds is 7. The van der Waals surface area contributed by atoms with Gasteiger partial charge in [-0.15, -0.1) is 0 Å². The van der Waals surface area contributed by atoms with Crippen molar-refractivity contribution in [1.29, 1.82) is 0 Å². The Balaban J connectivity index is 1.39. The zero-order chi connectivity index (χ0) is 34.1. The normalized spacial score (nSPS) is 22.3. The fourth-order valence-corrected chi connectivity index (χ4v) is 8.60. The molecule has 2 aliphatic heterocycles. The molecule has 48 heavy (non-hydrogen) atoms. The fraction of sp³-hybridized carbons (Fsp3) is 0.514. The van der Waals surface area contributed by atoms with E-state index in [1.54, 1.807) is 38.3 Å². The Morgan fingerprint density at radius 2 is 1.71 bits per heavy atom. The number of hydrogen-bond donors (Lipinski definition) is 1. The van der Waals surface area contributed by atoms with Crippen molar-refractivity contribution in [3.05, 3.63) is 53.1 Å². The van der Waals surface area contributed by atoms with Crippen molar-refractivity contribution in [3.8, 4) is 17.0 Å². The van der Waals surface area contributed by atoms with E-state index in [0.29, 0.717) is 32.0 Å². The van der Waals surface area contributed by atoms with E-state index in [9.17, 15) is 22.8 Å². The molecule has 13 heteroatoms. The largest absolute Gasteiger partial charge is 0.497 e. The summed E-state index contributed by atoms with van der Waals surface area (Å²) in [5, 5.41) is 1.01. The van der Waals surface area contributed by atoms with E-state index < -0.39 is 33.5 Å². The Hall–Kier alpha value is -3.94. The van der Waals surface area contributed by atoms with Crippen molar-refractivity contribution in [2.75, 3.05) is 48.5 Å². The number of hydrogen-bond acceptors (Lipinski definition) is 7. The number of benzene rings is 2. The van der Waals surface area contributed by atoms with Gasteiger partial charge < -0.3 is 23.8 Å². The van der Waals surface area contributed by atoms with E-state index in [4.69, 9.17) is 9.47 Å². The van der Waals surface area contributed by atoms with Crippen LogP contribution in [0.4, 0.5) is 0 Å². The zero-order valence-corrected chi connectivity index (χ0v) is 28.9. The lowest BCUT2D eigenvalue weighted by Gasteiger charge is -2.39. The van der Waals surface area contributed by atoms with E-state index >= 15 is 0 Å². The number of nitrogens with one attached hydrogen (secondary N) is 1. The summed E-state index contributed by atoms with van der Waals surface area (Å²) >= 11 is 0. The summed E-state index contributed by atoms with van der Waals surface area (Å²) < 4.78 is 41.4. The number of methoxy groups -OCH3 is 2. The van der Waals surface area contributed by atoms with Gasteiger partial charge in [-0.1, -0.05) is 25.3 Å². The third-order valence-corrected chi connectivity index (χ3v) is 12.5. The van der Waals surface area contributed by atoms with Gasteiger partial charge in [0.1, 0.15) is 5.75 Å². The first-order valence-corrected chi connectivity index (χ1v) is 18.0. The van der Waals surface area contributed by atoms with Gasteiger partial charge in [0.15, 0.2) is 0 Å². The van der Waals surface area contributed by atoms with Gasteiger partial charge in [0.25, 0.3) is 5.91 Å². The summed E-state index contributed by atoms with van der Waals surface area (Å²) in [6, 6.07) is 11.5. The Morgan fingerprint density at radius 3 is 2.38 bits per heavy atom. The van der Waals surface area contributed by atoms with Crippen molar-refractivity contribution >= 4 is 38.8 Å². The van der Waals surface area contributed by atoms with Gasteiger partial charge in [-0.2, -0.15) is 12.7 Å². The van der Waals surface area contributed by atoms with E-state index in [1.807, 2.05) is 12.1 Å². The molecule has 2 aliphatic carbocycles. The lowest BCUT2D eigenvalue weighted by Crippen LogP contribution is -2.59. The topological polar surface area (TPSA) is 130 Å². The van der Waals surface area contributed by atoms with Gasteiger partial charge in [-0.25, -0.2) is 4.72 Å². The van der Waals surface area contributed by atoms with Gasteiger partial charge >= 0.3 is 22.0 Å². The van der Waals surface area contributed by atoms with Gasteiger partial charge in [0.2, 0.25) is 0 Å². The molecule has 2 unspecified atom stereocenters. The van der Waals surface area contributed by atoms with Crippen molar-refractivity contribution in [2.24, 2.45) is 0 Å². The van der Waals surface area contributed by atoms with Crippen molar-refractivity contribution in [1.82, 2.24) is 23.4 Å². The van der Waals surface area contributed by atoms with Crippen LogP contribution in [0.3, 0.4) is 0 Å². The Kier molecular flexibility index (Phi) is 8.07. The van der Waals surface area contributed by atoms with Crippen molar-refractivity contribution in [2.45, 2.75) is 68.5 Å². The quantitative estimate of drug-likeness (QED) is 0.379. The Bertz CT molecular complexity index is 1930. The number of amides is 3. The molecule has 3 aromatic rings. The maximum atomic E-state index is 13.9. The first-order chi connectivity index (χ1) is 22.9. The Morgan fingerprint density at radius 1 is 0.979 bits per heavy atom. The van der Waals surface area contributed by atoms with Crippen LogP contribution in [0.25, 0.3) is 22.2 Å². The number of likely N-dealkylation sites (N-methyl/N-ethyl adjacent to an activating group) is 1. The average molecular weight is 678 g/mol. The summed E-state index contributed by atoms with van der Waals surface area (Å²) in [5.41, 5.74) is 4.71. The van der Waals surface area contributed by atoms with Crippen molar-refractivity contribution < 1.29 is 32.3 Å². The molecule has 1 aromatic heterocycles. The minimum Gasteiger partial charge on any atom is -0.497 e. The van der Waals surface area contributed by atoms with Crippen LogP contribution in [0.2, 0.25) is 0 Å². The highest BCUT2D eigenvalue weighted by Gasteiger charge is 2.62. The highest BCUT2D eigenvalue weighted by molar-refractivity contribution is 7.87. The van der Waals surface area contributed by atoms with Crippen LogP contribution < -0.4 is 9.46 Å². The number of aromatic nitrogens is 1. The highest BCUT2D eigenvalue weighted by atomic mass is 32.2. The van der Waals surface area contributed by atoms with Crippen LogP contribution in [0, 0.1) is 0 Å². The number of likely N-dealkylation sites (tertiary alicyclic amines) is 1. The van der Waals surface area contributed by atoms with E-state index in [-0.39, 0.29) is 17.6 Å². The molecule has 0 radical (unpaired) electrons. The van der Waals surface area contributed by atoms with Gasteiger partial charge in [-0.05, 0) is 66.6 Å². The first kappa shape index (κ1) is 32.6. The van der Waals surface area contributed by atoms with Crippen LogP contribution in [-0.2, 0) is 31.1 Å². The molecule has 256 valence electrons. The fourth-order valence-electron chi connectivity index (χ4n) is 8.07. The number of carbonyl (C=O) groups excluding carboxylic acids is 3. The van der Waals surface area contributed by atoms with Crippen LogP contribution in [0.15, 0.2) is 36.4 Å². The van der Waals surface area contributed by atoms with Crippen molar-refractivity contribution in [3.63, 3.8) is 0 Å². The maximum absolute atomic E-state index is 13.9. The van der Waals surface area contributed by atoms with Gasteiger partial charge in [0.05, 0.1) is 24.4 Å². The SMILES string of the molecule is COc1ccc2c(c1)C1CC1(N(C)C(=O)C(=O)N1CC(OC)C1)Cn1c-2c(C2CCCCC2)c2ccc(C(=O)NS(=O)(=O)N(C)C)cc21. The molecule has 7 rings (SSSR count). The molecule has 3 heterocycles. The molecule has 1 saturated heterocycles. The smallest absolute Gasteiger partial charge is 0.312 e. The monoisotopic (exact) mass is 677 g/mol. The molecule has 1 N–H and O–H groups in total. The molecule has 0 spiro atoms. The molecule has 3 fully saturated rings. The standard InChI is InChI=1S/C35H43N5O7S/c1-37(2)48(44,45)36-32(41)22-11-13-26-29(15-22)40-20-35(38(3)33(42)34(43)39-18-24(19-39)47-5)17-28(35)27-16-23(46-4)12-14-25(27)31(40)30(26)21-9-7-6-8-10-21/h11-16,21,24,28H,6-10,17-20H2,1-5H3,(H,36,41). The minimum absolute atomic E-state index is 0.0432. The summed E-state index contributed by atoms with van der Waals surface area (Å²) in [7, 11) is 3.68. The van der Waals surface area contributed by atoms with E-state index in [1.165, 1.54) is 31.0 Å². The molecular formula is C35H43N5O7S. The lowest BCUT2D eigenvalue weighted by molar-refractivity contribution is -0.159. The summed E-state index contributed by atoms with van der Waals surface area (Å²) in [6.07, 6.45) is 6.12. The number of nitrogens with zero attached hydrogens (tertiary/aromatic N) is 4. The molecule has 2 aromatic carbocycles. The second kappa shape index (κ2) is 11.9. The number of ether oxygens (including phenoxy) is 2. The van der Waals surface area contributed by atoms with Crippen LogP contribution in [0.1, 0.15) is 71.8 Å². The zero-order valence-electron chi connectivity index (χ0n) is 28.1. The Labute approximate surface area is 281 Å². The third-order valence-electron chi connectivity index (χ3n) is 11.1. The molecule has 2 atom stereocenters. The highest BCUT2D eigenvalue weighted by Crippen LogP contribution is 2.62. The molecule has 12 nitrogen and oxygen atoms in total. The van der Waals surface area contributed by atoms with Crippen LogP contribution in [0.5, 0.6) is 5.75 Å². The van der Waals surface area contributed by atoms with Gasteiger partial charge in [-0.3, -0.25) is 14.4 Å². The third kappa shape index (κ3) is 5.17. The second-order valence-corrected chi connectivity index (χ2v) is 15.8. The number of fused-ring (bicyclic) bond motifs is 7. The predicted octanol–water partition coefficient (Wildman–Crippen LogP) is 3.46. The summed E-state index contributed by atoms with van der Waals surface area (Å²) in [4.78, 5) is 43.7. The molecule has 4 aliphatic rings. The van der Waals surface area contributed by atoms with Gasteiger partial charge in [0, 0.05) is 75.8 Å². The second-order valence-electron chi connectivity index (χ2n) is 13.9. The maximum Gasteiger partial charge on any atom is 0.312 e. The molecule has 0 bridgehead atoms. The van der Waals surface area contributed by atoms with Crippen LogP contribution >= 0.6 is 0 Å². The molecular weight excluding hydrogens is 634 g/mol. The lowest BCUT2D eigenvalue weighted by atomic mass is 9.81.